The SMILES string of the molecule is CCOC(=O)Cn1c(C)c(/C=c2\sc3n(c2=O)[C@H](c2ccc(Cl)cc2)C(C(=O)OCC)=C(C)N=3)c2ccccc21. The molecule has 40 heavy (non-hydrogen) atoms. The average Bonchev–Trinajstić information content (AvgIpc) is 3.37. The summed E-state index contributed by atoms with van der Waals surface area (Å²) in [6, 6.07) is 14.1. The Morgan fingerprint density at radius 2 is 1.75 bits per heavy atom. The van der Waals surface area contributed by atoms with E-state index >= 15 is 0 Å². The molecule has 0 saturated heterocycles. The molecule has 2 aromatic heterocycles. The molecular weight excluding hydrogens is 550 g/mol. The van der Waals surface area contributed by atoms with Gasteiger partial charge in [0.2, 0.25) is 0 Å². The van der Waals surface area contributed by atoms with Crippen LogP contribution in [0.5, 0.6) is 0 Å². The maximum atomic E-state index is 14.0. The maximum Gasteiger partial charge on any atom is 0.338 e. The molecule has 0 unspecified atom stereocenters. The maximum absolute atomic E-state index is 14.0. The fourth-order valence-electron chi connectivity index (χ4n) is 5.06. The van der Waals surface area contributed by atoms with Crippen LogP contribution in [0.1, 0.15) is 43.6 Å². The normalized spacial score (nSPS) is 15.2. The molecule has 0 bridgehead atoms. The molecule has 1 aliphatic heterocycles. The van der Waals surface area contributed by atoms with Gasteiger partial charge in [0.25, 0.3) is 5.56 Å². The average molecular weight is 578 g/mol. The number of allylic oxidation sites excluding steroid dienone is 1. The Hall–Kier alpha value is -3.95. The van der Waals surface area contributed by atoms with Gasteiger partial charge in [0, 0.05) is 27.2 Å². The van der Waals surface area contributed by atoms with Crippen molar-refractivity contribution in [1.29, 1.82) is 0 Å². The lowest BCUT2D eigenvalue weighted by molar-refractivity contribution is -0.143. The van der Waals surface area contributed by atoms with Gasteiger partial charge >= 0.3 is 11.9 Å². The van der Waals surface area contributed by atoms with Gasteiger partial charge in [-0.3, -0.25) is 14.2 Å². The van der Waals surface area contributed by atoms with Crippen molar-refractivity contribution in [3.63, 3.8) is 0 Å². The van der Waals surface area contributed by atoms with Crippen LogP contribution in [-0.4, -0.2) is 34.3 Å². The number of ether oxygens (including phenoxy) is 2. The van der Waals surface area contributed by atoms with Crippen molar-refractivity contribution in [3.05, 3.63) is 101 Å². The van der Waals surface area contributed by atoms with Gasteiger partial charge in [0.05, 0.1) is 35.1 Å². The third kappa shape index (κ3) is 4.91. The lowest BCUT2D eigenvalue weighted by atomic mass is 9.96. The molecule has 3 heterocycles. The highest BCUT2D eigenvalue weighted by atomic mass is 35.5. The number of nitrogens with zero attached hydrogens (tertiary/aromatic N) is 3. The molecule has 0 N–H and O–H groups in total. The fourth-order valence-corrected chi connectivity index (χ4v) is 6.22. The number of carbonyl (C=O) groups excluding carboxylic acids is 2. The topological polar surface area (TPSA) is 91.9 Å². The summed E-state index contributed by atoms with van der Waals surface area (Å²) in [5.41, 5.74) is 3.77. The first kappa shape index (κ1) is 27.6. The molecule has 2 aromatic carbocycles. The van der Waals surface area contributed by atoms with Crippen LogP contribution in [-0.2, 0) is 25.6 Å². The number of hydrogen-bond acceptors (Lipinski definition) is 7. The zero-order chi connectivity index (χ0) is 28.6. The number of benzene rings is 2. The minimum atomic E-state index is -0.721. The van der Waals surface area contributed by atoms with Crippen LogP contribution in [0.15, 0.2) is 69.6 Å². The molecule has 10 heteroatoms. The summed E-state index contributed by atoms with van der Waals surface area (Å²) in [6.07, 6.45) is 1.84. The minimum Gasteiger partial charge on any atom is -0.465 e. The third-order valence-corrected chi connectivity index (χ3v) is 8.09. The zero-order valence-electron chi connectivity index (χ0n) is 22.6. The summed E-state index contributed by atoms with van der Waals surface area (Å²) < 4.78 is 14.4. The van der Waals surface area contributed by atoms with Crippen LogP contribution >= 0.6 is 22.9 Å². The Morgan fingerprint density at radius 3 is 2.45 bits per heavy atom. The van der Waals surface area contributed by atoms with E-state index in [0.29, 0.717) is 32.2 Å². The monoisotopic (exact) mass is 577 g/mol. The first-order chi connectivity index (χ1) is 19.2. The quantitative estimate of drug-likeness (QED) is 0.306. The lowest BCUT2D eigenvalue weighted by Crippen LogP contribution is -2.39. The second-order valence-electron chi connectivity index (χ2n) is 9.26. The Morgan fingerprint density at radius 1 is 1.05 bits per heavy atom. The van der Waals surface area contributed by atoms with Crippen LogP contribution in [0.4, 0.5) is 0 Å². The molecule has 0 amide bonds. The summed E-state index contributed by atoms with van der Waals surface area (Å²) in [4.78, 5) is 44.6. The molecule has 5 rings (SSSR count). The molecule has 1 atom stereocenters. The molecule has 0 aliphatic carbocycles. The summed E-state index contributed by atoms with van der Waals surface area (Å²) in [6.45, 7) is 7.74. The number of hydrogen-bond donors (Lipinski definition) is 0. The van der Waals surface area contributed by atoms with E-state index in [0.717, 1.165) is 27.7 Å². The van der Waals surface area contributed by atoms with Crippen molar-refractivity contribution < 1.29 is 19.1 Å². The van der Waals surface area contributed by atoms with Gasteiger partial charge in [-0.15, -0.1) is 0 Å². The number of rotatable bonds is 7. The Labute approximate surface area is 239 Å². The van der Waals surface area contributed by atoms with E-state index in [4.69, 9.17) is 21.1 Å². The highest BCUT2D eigenvalue weighted by Gasteiger charge is 2.33. The van der Waals surface area contributed by atoms with E-state index in [9.17, 15) is 14.4 Å². The van der Waals surface area contributed by atoms with Gasteiger partial charge in [-0.1, -0.05) is 53.3 Å². The van der Waals surface area contributed by atoms with Crippen LogP contribution in [0, 0.1) is 6.92 Å². The Bertz CT molecular complexity index is 1850. The standard InChI is InChI=1S/C30H28ClN3O5S/c1-5-38-25(35)16-33-18(4)22(21-9-7-8-10-23(21)33)15-24-28(36)34-27(19-11-13-20(31)14-12-19)26(29(37)39-6-2)17(3)32-30(34)40-24/h7-15,27H,5-6,16H2,1-4H3/b24-15-/t27-/m1/s1. The number of aromatic nitrogens is 2. The number of esters is 2. The minimum absolute atomic E-state index is 0.0634. The van der Waals surface area contributed by atoms with Crippen LogP contribution < -0.4 is 14.9 Å². The molecule has 0 saturated carbocycles. The van der Waals surface area contributed by atoms with Gasteiger partial charge in [-0.2, -0.15) is 0 Å². The molecular formula is C30H28ClN3O5S. The largest absolute Gasteiger partial charge is 0.465 e. The van der Waals surface area contributed by atoms with Crippen LogP contribution in [0.3, 0.4) is 0 Å². The van der Waals surface area contributed by atoms with Crippen molar-refractivity contribution in [2.24, 2.45) is 4.99 Å². The number of carbonyl (C=O) groups is 2. The predicted molar refractivity (Wildman–Crippen MR) is 155 cm³/mol. The molecule has 0 spiro atoms. The van der Waals surface area contributed by atoms with E-state index in [-0.39, 0.29) is 24.7 Å². The third-order valence-electron chi connectivity index (χ3n) is 6.85. The highest BCUT2D eigenvalue weighted by molar-refractivity contribution is 7.07. The second-order valence-corrected chi connectivity index (χ2v) is 10.7. The van der Waals surface area contributed by atoms with E-state index in [1.807, 2.05) is 41.8 Å². The first-order valence-corrected chi connectivity index (χ1v) is 14.1. The molecule has 1 aliphatic rings. The lowest BCUT2D eigenvalue weighted by Gasteiger charge is -2.24. The summed E-state index contributed by atoms with van der Waals surface area (Å²) in [7, 11) is 0. The van der Waals surface area contributed by atoms with Crippen LogP contribution in [0.2, 0.25) is 5.02 Å². The van der Waals surface area contributed by atoms with Gasteiger partial charge in [0.15, 0.2) is 4.80 Å². The molecule has 206 valence electrons. The molecule has 8 nitrogen and oxygen atoms in total. The molecule has 4 aromatic rings. The van der Waals surface area contributed by atoms with E-state index < -0.39 is 12.0 Å². The van der Waals surface area contributed by atoms with E-state index in [2.05, 4.69) is 4.99 Å². The van der Waals surface area contributed by atoms with Crippen LogP contribution in [0.25, 0.3) is 17.0 Å². The Kier molecular flexibility index (Phi) is 7.78. The van der Waals surface area contributed by atoms with Gasteiger partial charge in [-0.05, 0) is 57.5 Å². The number of halogens is 1. The van der Waals surface area contributed by atoms with Gasteiger partial charge < -0.3 is 14.0 Å². The van der Waals surface area contributed by atoms with Gasteiger partial charge in [0.1, 0.15) is 6.54 Å². The predicted octanol–water partition coefficient (Wildman–Crippen LogP) is 4.28. The zero-order valence-corrected chi connectivity index (χ0v) is 24.1. The second kappa shape index (κ2) is 11.3. The molecule has 0 fully saturated rings. The number of para-hydroxylation sites is 1. The van der Waals surface area contributed by atoms with Crippen molar-refractivity contribution in [2.45, 2.75) is 40.3 Å². The first-order valence-electron chi connectivity index (χ1n) is 12.9. The van der Waals surface area contributed by atoms with Crippen molar-refractivity contribution >= 4 is 51.9 Å². The van der Waals surface area contributed by atoms with Gasteiger partial charge in [-0.25, -0.2) is 9.79 Å². The van der Waals surface area contributed by atoms with E-state index in [1.165, 1.54) is 11.3 Å². The summed E-state index contributed by atoms with van der Waals surface area (Å²) >= 11 is 7.40. The fraction of sp³-hybridized carbons (Fsp3) is 0.267. The highest BCUT2D eigenvalue weighted by Crippen LogP contribution is 2.31. The Balaban J connectivity index is 1.72. The molecule has 0 radical (unpaired) electrons. The summed E-state index contributed by atoms with van der Waals surface area (Å²) in [5.74, 6) is -0.849. The van der Waals surface area contributed by atoms with Crippen molar-refractivity contribution in [1.82, 2.24) is 9.13 Å². The van der Waals surface area contributed by atoms with Crippen molar-refractivity contribution in [2.75, 3.05) is 13.2 Å². The van der Waals surface area contributed by atoms with Crippen molar-refractivity contribution in [3.8, 4) is 0 Å². The smallest absolute Gasteiger partial charge is 0.338 e. The number of fused-ring (bicyclic) bond motifs is 2. The van der Waals surface area contributed by atoms with E-state index in [1.54, 1.807) is 49.6 Å². The number of thiazole rings is 1. The summed E-state index contributed by atoms with van der Waals surface area (Å²) in [5, 5.41) is 1.46.